The number of methoxy groups -OCH3 is 1. The Morgan fingerprint density at radius 3 is 2.89 bits per heavy atom. The summed E-state index contributed by atoms with van der Waals surface area (Å²) < 4.78 is 5.39. The molecule has 1 atom stereocenters. The summed E-state index contributed by atoms with van der Waals surface area (Å²) in [5, 5.41) is 1.16. The first-order chi connectivity index (χ1) is 13.3. The van der Waals surface area contributed by atoms with Crippen molar-refractivity contribution in [1.82, 2.24) is 9.88 Å². The number of ether oxygens (including phenoxy) is 1. The summed E-state index contributed by atoms with van der Waals surface area (Å²) in [7, 11) is 1.62. The third-order valence-electron chi connectivity index (χ3n) is 5.36. The molecular weight excluding hydrogens is 336 g/mol. The minimum Gasteiger partial charge on any atom is -0.496 e. The van der Waals surface area contributed by atoms with Gasteiger partial charge >= 0.3 is 0 Å². The number of para-hydroxylation sites is 2. The molecule has 1 aliphatic heterocycles. The topological polar surface area (TPSA) is 42.4 Å². The average Bonchev–Trinajstić information content (AvgIpc) is 2.73. The summed E-state index contributed by atoms with van der Waals surface area (Å²) in [4.78, 5) is 20.0. The SMILES string of the molecule is COc1ccccc1C(=O)C1CCCN(Cc2cccc3cccnc23)C1. The number of nitrogens with zero attached hydrogens (tertiary/aromatic N) is 2. The highest BCUT2D eigenvalue weighted by atomic mass is 16.5. The molecule has 1 unspecified atom stereocenters. The lowest BCUT2D eigenvalue weighted by atomic mass is 9.89. The molecule has 2 aromatic carbocycles. The molecule has 0 amide bonds. The van der Waals surface area contributed by atoms with E-state index in [4.69, 9.17) is 4.74 Å². The molecule has 4 nitrogen and oxygen atoms in total. The van der Waals surface area contributed by atoms with Crippen molar-refractivity contribution in [3.8, 4) is 5.75 Å². The minimum absolute atomic E-state index is 0.0120. The first-order valence-corrected chi connectivity index (χ1v) is 9.48. The molecule has 0 aliphatic carbocycles. The Balaban J connectivity index is 1.52. The third kappa shape index (κ3) is 3.71. The zero-order valence-electron chi connectivity index (χ0n) is 15.6. The molecule has 4 heteroatoms. The van der Waals surface area contributed by atoms with Crippen LogP contribution < -0.4 is 4.74 Å². The van der Waals surface area contributed by atoms with Gasteiger partial charge in [0.05, 0.1) is 18.2 Å². The molecule has 0 N–H and O–H groups in total. The summed E-state index contributed by atoms with van der Waals surface area (Å²) in [6.07, 6.45) is 3.81. The van der Waals surface area contributed by atoms with Gasteiger partial charge in [-0.1, -0.05) is 36.4 Å². The number of carbonyl (C=O) groups excluding carboxylic acids is 1. The highest BCUT2D eigenvalue weighted by Crippen LogP contribution is 2.27. The van der Waals surface area contributed by atoms with Gasteiger partial charge in [0, 0.05) is 30.6 Å². The maximum absolute atomic E-state index is 13.1. The minimum atomic E-state index is 0.0120. The number of fused-ring (bicyclic) bond motifs is 1. The third-order valence-corrected chi connectivity index (χ3v) is 5.36. The van der Waals surface area contributed by atoms with Crippen LogP contribution in [0.15, 0.2) is 60.8 Å². The Kier molecular flexibility index (Phi) is 5.16. The van der Waals surface area contributed by atoms with E-state index in [0.717, 1.165) is 43.4 Å². The van der Waals surface area contributed by atoms with Crippen LogP contribution in [0.3, 0.4) is 0 Å². The highest BCUT2D eigenvalue weighted by Gasteiger charge is 2.28. The predicted octanol–water partition coefficient (Wildman–Crippen LogP) is 4.34. The number of piperidine rings is 1. The fraction of sp³-hybridized carbons (Fsp3) is 0.304. The second-order valence-corrected chi connectivity index (χ2v) is 7.13. The number of Topliss-reactive ketones (excluding diaryl/α,β-unsaturated/α-hetero) is 1. The van der Waals surface area contributed by atoms with E-state index in [1.165, 1.54) is 5.56 Å². The molecule has 1 fully saturated rings. The van der Waals surface area contributed by atoms with Gasteiger partial charge in [-0.3, -0.25) is 14.7 Å². The number of aromatic nitrogens is 1. The smallest absolute Gasteiger partial charge is 0.170 e. The molecular formula is C23H24N2O2. The lowest BCUT2D eigenvalue weighted by molar-refractivity contribution is 0.0809. The lowest BCUT2D eigenvalue weighted by Gasteiger charge is -2.32. The molecule has 0 bridgehead atoms. The van der Waals surface area contributed by atoms with Gasteiger partial charge in [-0.2, -0.15) is 0 Å². The van der Waals surface area contributed by atoms with Crippen molar-refractivity contribution in [2.24, 2.45) is 5.92 Å². The molecule has 0 saturated carbocycles. The first kappa shape index (κ1) is 17.7. The summed E-state index contributed by atoms with van der Waals surface area (Å²) in [6.45, 7) is 2.61. The average molecular weight is 360 g/mol. The molecule has 1 aliphatic rings. The van der Waals surface area contributed by atoms with Crippen LogP contribution in [0.25, 0.3) is 10.9 Å². The van der Waals surface area contributed by atoms with E-state index in [0.29, 0.717) is 11.3 Å². The van der Waals surface area contributed by atoms with Crippen LogP contribution in [0.5, 0.6) is 5.75 Å². The molecule has 138 valence electrons. The van der Waals surface area contributed by atoms with Crippen LogP contribution in [-0.4, -0.2) is 35.9 Å². The number of pyridine rings is 1. The maximum atomic E-state index is 13.1. The van der Waals surface area contributed by atoms with E-state index < -0.39 is 0 Å². The Labute approximate surface area is 159 Å². The van der Waals surface area contributed by atoms with E-state index in [1.807, 2.05) is 36.5 Å². The van der Waals surface area contributed by atoms with E-state index in [9.17, 15) is 4.79 Å². The predicted molar refractivity (Wildman–Crippen MR) is 107 cm³/mol. The first-order valence-electron chi connectivity index (χ1n) is 9.48. The van der Waals surface area contributed by atoms with Crippen molar-refractivity contribution in [3.05, 3.63) is 71.9 Å². The van der Waals surface area contributed by atoms with Crippen molar-refractivity contribution >= 4 is 16.7 Å². The van der Waals surface area contributed by atoms with Gasteiger partial charge in [-0.05, 0) is 43.1 Å². The molecule has 3 aromatic rings. The molecule has 1 aromatic heterocycles. The molecule has 1 saturated heterocycles. The fourth-order valence-corrected chi connectivity index (χ4v) is 4.02. The second-order valence-electron chi connectivity index (χ2n) is 7.13. The van der Waals surface area contributed by atoms with Crippen LogP contribution in [0.1, 0.15) is 28.8 Å². The maximum Gasteiger partial charge on any atom is 0.170 e. The van der Waals surface area contributed by atoms with Crippen LogP contribution in [0, 0.1) is 5.92 Å². The number of benzene rings is 2. The Hall–Kier alpha value is -2.72. The van der Waals surface area contributed by atoms with Gasteiger partial charge < -0.3 is 4.74 Å². The fourth-order valence-electron chi connectivity index (χ4n) is 4.02. The molecule has 4 rings (SSSR count). The zero-order chi connectivity index (χ0) is 18.6. The number of ketones is 1. The number of hydrogen-bond donors (Lipinski definition) is 0. The van der Waals surface area contributed by atoms with Crippen molar-refractivity contribution in [2.45, 2.75) is 19.4 Å². The van der Waals surface area contributed by atoms with Gasteiger partial charge in [-0.15, -0.1) is 0 Å². The number of carbonyl (C=O) groups is 1. The molecule has 27 heavy (non-hydrogen) atoms. The highest BCUT2D eigenvalue weighted by molar-refractivity contribution is 6.00. The van der Waals surface area contributed by atoms with Crippen molar-refractivity contribution < 1.29 is 9.53 Å². The second kappa shape index (κ2) is 7.89. The normalized spacial score (nSPS) is 17.7. The van der Waals surface area contributed by atoms with Crippen molar-refractivity contribution in [1.29, 1.82) is 0 Å². The van der Waals surface area contributed by atoms with Crippen LogP contribution >= 0.6 is 0 Å². The number of hydrogen-bond acceptors (Lipinski definition) is 4. The van der Waals surface area contributed by atoms with Gasteiger partial charge in [-0.25, -0.2) is 0 Å². The standard InChI is InChI=1S/C23H24N2O2/c1-27-21-12-3-2-11-20(21)23(26)19-10-6-14-25(16-19)15-18-8-4-7-17-9-5-13-24-22(17)18/h2-5,7-9,11-13,19H,6,10,14-16H2,1H3. The van der Waals surface area contributed by atoms with Crippen molar-refractivity contribution in [2.75, 3.05) is 20.2 Å². The van der Waals surface area contributed by atoms with E-state index in [2.05, 4.69) is 34.1 Å². The van der Waals surface area contributed by atoms with Gasteiger partial charge in [0.1, 0.15) is 5.75 Å². The molecule has 2 heterocycles. The summed E-state index contributed by atoms with van der Waals surface area (Å²) >= 11 is 0. The van der Waals surface area contributed by atoms with Crippen molar-refractivity contribution in [3.63, 3.8) is 0 Å². The summed E-state index contributed by atoms with van der Waals surface area (Å²) in [5.74, 6) is 0.865. The Morgan fingerprint density at radius 1 is 1.15 bits per heavy atom. The Morgan fingerprint density at radius 2 is 2.00 bits per heavy atom. The largest absolute Gasteiger partial charge is 0.496 e. The summed E-state index contributed by atoms with van der Waals surface area (Å²) in [6, 6.07) is 17.9. The lowest BCUT2D eigenvalue weighted by Crippen LogP contribution is -2.38. The van der Waals surface area contributed by atoms with Gasteiger partial charge in [0.15, 0.2) is 5.78 Å². The van der Waals surface area contributed by atoms with Crippen LogP contribution in [0.2, 0.25) is 0 Å². The van der Waals surface area contributed by atoms with E-state index in [1.54, 1.807) is 7.11 Å². The van der Waals surface area contributed by atoms with E-state index >= 15 is 0 Å². The Bertz CT molecular complexity index is 949. The van der Waals surface area contributed by atoms with Crippen LogP contribution in [-0.2, 0) is 6.54 Å². The quantitative estimate of drug-likeness (QED) is 0.635. The molecule has 0 radical (unpaired) electrons. The van der Waals surface area contributed by atoms with E-state index in [-0.39, 0.29) is 11.7 Å². The summed E-state index contributed by atoms with van der Waals surface area (Å²) in [5.41, 5.74) is 2.97. The van der Waals surface area contributed by atoms with Gasteiger partial charge in [0.2, 0.25) is 0 Å². The number of rotatable bonds is 5. The van der Waals surface area contributed by atoms with Gasteiger partial charge in [0.25, 0.3) is 0 Å². The van der Waals surface area contributed by atoms with Crippen LogP contribution in [0.4, 0.5) is 0 Å². The zero-order valence-corrected chi connectivity index (χ0v) is 15.6. The number of likely N-dealkylation sites (tertiary alicyclic amines) is 1. The molecule has 0 spiro atoms. The monoisotopic (exact) mass is 360 g/mol.